The Kier molecular flexibility index (Phi) is 7.19. The summed E-state index contributed by atoms with van der Waals surface area (Å²) in [4.78, 5) is 23.5. The molecular weight excluding hydrogens is 426 g/mol. The summed E-state index contributed by atoms with van der Waals surface area (Å²) in [5.41, 5.74) is 2.68. The fourth-order valence-corrected chi connectivity index (χ4v) is 3.74. The Bertz CT molecular complexity index is 1070. The number of carbonyl (C=O) groups excluding carboxylic acids is 1. The lowest BCUT2D eigenvalue weighted by Crippen LogP contribution is -2.36. The Hall–Kier alpha value is -3.16. The van der Waals surface area contributed by atoms with Crippen molar-refractivity contribution in [1.82, 2.24) is 9.97 Å². The number of anilines is 4. The monoisotopic (exact) mass is 451 g/mol. The van der Waals surface area contributed by atoms with Crippen molar-refractivity contribution in [3.05, 3.63) is 71.0 Å². The largest absolute Gasteiger partial charge is 0.378 e. The first kappa shape index (κ1) is 22.0. The zero-order chi connectivity index (χ0) is 22.3. The fraction of sp³-hybridized carbons (Fsp3) is 0.292. The van der Waals surface area contributed by atoms with Gasteiger partial charge in [0.2, 0.25) is 5.91 Å². The normalized spacial score (nSPS) is 13.6. The molecule has 1 aromatic heterocycles. The van der Waals surface area contributed by atoms with E-state index in [4.69, 9.17) is 16.3 Å². The number of amides is 1. The molecule has 2 N–H and O–H groups in total. The van der Waals surface area contributed by atoms with Crippen LogP contribution < -0.4 is 15.5 Å². The topological polar surface area (TPSA) is 79.4 Å². The number of hydrogen-bond donors (Lipinski definition) is 2. The highest BCUT2D eigenvalue weighted by Gasteiger charge is 2.14. The summed E-state index contributed by atoms with van der Waals surface area (Å²) in [6.45, 7) is 4.94. The van der Waals surface area contributed by atoms with E-state index < -0.39 is 0 Å². The Morgan fingerprint density at radius 3 is 2.56 bits per heavy atom. The van der Waals surface area contributed by atoms with Gasteiger partial charge in [-0.05, 0) is 55.3 Å². The number of benzene rings is 2. The highest BCUT2D eigenvalue weighted by Crippen LogP contribution is 2.22. The highest BCUT2D eigenvalue weighted by molar-refractivity contribution is 6.30. The van der Waals surface area contributed by atoms with Crippen molar-refractivity contribution in [2.45, 2.75) is 19.8 Å². The van der Waals surface area contributed by atoms with Crippen LogP contribution in [0.25, 0.3) is 0 Å². The number of carbonyl (C=O) groups is 1. The lowest BCUT2D eigenvalue weighted by Gasteiger charge is -2.28. The molecule has 1 aliphatic rings. The molecule has 0 aliphatic carbocycles. The molecule has 32 heavy (non-hydrogen) atoms. The van der Waals surface area contributed by atoms with Gasteiger partial charge in [-0.15, -0.1) is 0 Å². The minimum atomic E-state index is -0.0349. The Labute approximate surface area is 192 Å². The van der Waals surface area contributed by atoms with Gasteiger partial charge in [0.15, 0.2) is 0 Å². The molecule has 1 saturated heterocycles. The third-order valence-corrected chi connectivity index (χ3v) is 5.37. The van der Waals surface area contributed by atoms with Crippen LogP contribution in [0.2, 0.25) is 5.02 Å². The second-order valence-corrected chi connectivity index (χ2v) is 8.07. The summed E-state index contributed by atoms with van der Waals surface area (Å²) in [6, 6.07) is 17.1. The second kappa shape index (κ2) is 10.4. The number of halogens is 1. The number of aryl methyl sites for hydroxylation is 2. The maximum Gasteiger partial charge on any atom is 0.224 e. The van der Waals surface area contributed by atoms with Crippen LogP contribution in [-0.4, -0.2) is 42.2 Å². The number of nitrogens with one attached hydrogen (secondary N) is 2. The molecule has 1 aliphatic heterocycles. The number of nitrogens with zero attached hydrogens (tertiary/aromatic N) is 3. The summed E-state index contributed by atoms with van der Waals surface area (Å²) in [7, 11) is 0. The molecule has 2 aromatic carbocycles. The van der Waals surface area contributed by atoms with Gasteiger partial charge in [0, 0.05) is 42.0 Å². The quantitative estimate of drug-likeness (QED) is 0.547. The average Bonchev–Trinajstić information content (AvgIpc) is 2.79. The van der Waals surface area contributed by atoms with Crippen LogP contribution in [0.4, 0.5) is 23.0 Å². The van der Waals surface area contributed by atoms with Crippen molar-refractivity contribution in [2.24, 2.45) is 0 Å². The van der Waals surface area contributed by atoms with Crippen LogP contribution in [-0.2, 0) is 16.0 Å². The van der Waals surface area contributed by atoms with E-state index in [-0.39, 0.29) is 5.91 Å². The highest BCUT2D eigenvalue weighted by atomic mass is 35.5. The van der Waals surface area contributed by atoms with Gasteiger partial charge in [-0.3, -0.25) is 4.79 Å². The van der Waals surface area contributed by atoms with Gasteiger partial charge in [0.25, 0.3) is 0 Å². The zero-order valence-electron chi connectivity index (χ0n) is 18.0. The molecule has 1 amide bonds. The molecule has 2 heterocycles. The Morgan fingerprint density at radius 1 is 1.06 bits per heavy atom. The smallest absolute Gasteiger partial charge is 0.224 e. The zero-order valence-corrected chi connectivity index (χ0v) is 18.7. The molecule has 0 spiro atoms. The summed E-state index contributed by atoms with van der Waals surface area (Å²) in [5, 5.41) is 6.94. The SMILES string of the molecule is Cc1nc(Nc2ccc(NC(=O)CCc3cccc(Cl)c3)cc2)cc(N2CCOCC2)n1. The summed E-state index contributed by atoms with van der Waals surface area (Å²) in [6.07, 6.45) is 1.04. The van der Waals surface area contributed by atoms with Gasteiger partial charge < -0.3 is 20.3 Å². The van der Waals surface area contributed by atoms with Gasteiger partial charge in [0.1, 0.15) is 17.5 Å². The van der Waals surface area contributed by atoms with Crippen LogP contribution in [0.1, 0.15) is 17.8 Å². The van der Waals surface area contributed by atoms with E-state index in [1.165, 1.54) is 0 Å². The predicted molar refractivity (Wildman–Crippen MR) is 128 cm³/mol. The number of ether oxygens (including phenoxy) is 1. The lowest BCUT2D eigenvalue weighted by molar-refractivity contribution is -0.116. The Morgan fingerprint density at radius 2 is 1.81 bits per heavy atom. The molecule has 7 nitrogen and oxygen atoms in total. The van der Waals surface area contributed by atoms with Gasteiger partial charge >= 0.3 is 0 Å². The van der Waals surface area contributed by atoms with E-state index >= 15 is 0 Å². The number of rotatable bonds is 7. The van der Waals surface area contributed by atoms with Crippen LogP contribution in [0.15, 0.2) is 54.6 Å². The summed E-state index contributed by atoms with van der Waals surface area (Å²) in [5.74, 6) is 2.30. The predicted octanol–water partition coefficient (Wildman–Crippen LogP) is 4.59. The van der Waals surface area contributed by atoms with Crippen LogP contribution in [0.3, 0.4) is 0 Å². The number of morpholine rings is 1. The molecule has 1 fully saturated rings. The molecular formula is C24H26ClN5O2. The van der Waals surface area contributed by atoms with Crippen molar-refractivity contribution in [3.8, 4) is 0 Å². The van der Waals surface area contributed by atoms with Gasteiger partial charge in [-0.25, -0.2) is 9.97 Å². The Balaban J connectivity index is 1.33. The van der Waals surface area contributed by atoms with E-state index in [1.54, 1.807) is 0 Å². The van der Waals surface area contributed by atoms with E-state index in [0.29, 0.717) is 36.9 Å². The van der Waals surface area contributed by atoms with Gasteiger partial charge in [-0.1, -0.05) is 23.7 Å². The molecule has 0 saturated carbocycles. The first-order valence-electron chi connectivity index (χ1n) is 10.6. The summed E-state index contributed by atoms with van der Waals surface area (Å²) < 4.78 is 5.42. The molecule has 4 rings (SSSR count). The minimum absolute atomic E-state index is 0.0349. The van der Waals surface area contributed by atoms with E-state index in [1.807, 2.05) is 61.5 Å². The van der Waals surface area contributed by atoms with Crippen molar-refractivity contribution in [1.29, 1.82) is 0 Å². The van der Waals surface area contributed by atoms with Crippen molar-refractivity contribution in [2.75, 3.05) is 41.8 Å². The van der Waals surface area contributed by atoms with Gasteiger partial charge in [-0.2, -0.15) is 0 Å². The molecule has 8 heteroatoms. The van der Waals surface area contributed by atoms with Crippen LogP contribution in [0.5, 0.6) is 0 Å². The van der Waals surface area contributed by atoms with E-state index in [0.717, 1.165) is 41.7 Å². The third-order valence-electron chi connectivity index (χ3n) is 5.13. The van der Waals surface area contributed by atoms with Crippen LogP contribution >= 0.6 is 11.6 Å². The molecule has 0 radical (unpaired) electrons. The van der Waals surface area contributed by atoms with E-state index in [9.17, 15) is 4.79 Å². The van der Waals surface area contributed by atoms with Crippen LogP contribution in [0, 0.1) is 6.92 Å². The lowest BCUT2D eigenvalue weighted by atomic mass is 10.1. The van der Waals surface area contributed by atoms with E-state index in [2.05, 4.69) is 25.5 Å². The number of aromatic nitrogens is 2. The van der Waals surface area contributed by atoms with Crippen molar-refractivity contribution in [3.63, 3.8) is 0 Å². The fourth-order valence-electron chi connectivity index (χ4n) is 3.53. The molecule has 0 unspecified atom stereocenters. The molecule has 3 aromatic rings. The second-order valence-electron chi connectivity index (χ2n) is 7.64. The molecule has 166 valence electrons. The van der Waals surface area contributed by atoms with Crippen molar-refractivity contribution < 1.29 is 9.53 Å². The maximum atomic E-state index is 12.3. The standard InChI is InChI=1S/C24H26ClN5O2/c1-17-26-22(16-23(27-17)30-11-13-32-14-12-30)28-20-6-8-21(9-7-20)29-24(31)10-5-18-3-2-4-19(25)15-18/h2-4,6-9,15-16H,5,10-14H2,1H3,(H,29,31)(H,26,27,28). The summed E-state index contributed by atoms with van der Waals surface area (Å²) >= 11 is 6.00. The number of hydrogen-bond acceptors (Lipinski definition) is 6. The third kappa shape index (κ3) is 6.18. The first-order chi connectivity index (χ1) is 15.5. The average molecular weight is 452 g/mol. The van der Waals surface area contributed by atoms with Crippen molar-refractivity contribution >= 4 is 40.5 Å². The maximum absolute atomic E-state index is 12.3. The van der Waals surface area contributed by atoms with Gasteiger partial charge in [0.05, 0.1) is 13.2 Å². The molecule has 0 atom stereocenters. The molecule has 0 bridgehead atoms. The first-order valence-corrected chi connectivity index (χ1v) is 11.0. The minimum Gasteiger partial charge on any atom is -0.378 e.